The van der Waals surface area contributed by atoms with Crippen molar-refractivity contribution in [2.24, 2.45) is 0 Å². The fourth-order valence-electron chi connectivity index (χ4n) is 0. The van der Waals surface area contributed by atoms with Gasteiger partial charge in [-0.2, -0.15) is 0 Å². The molecule has 0 radical (unpaired) electrons. The molecule has 0 aliphatic carbocycles. The largest absolute Gasteiger partial charge is 2.00 e. The van der Waals surface area contributed by atoms with E-state index in [-0.39, 0.29) is 23.1 Å². The van der Waals surface area contributed by atoms with Gasteiger partial charge in [-0.05, 0) is 0 Å². The molecule has 4 nitrogen and oxygen atoms in total. The van der Waals surface area contributed by atoms with Crippen LogP contribution in [-0.4, -0.2) is 40.6 Å². The van der Waals surface area contributed by atoms with E-state index in [2.05, 4.69) is 0 Å². The van der Waals surface area contributed by atoms with Gasteiger partial charge in [0.05, 0.1) is 0 Å². The number of hydrogen-bond donors (Lipinski definition) is 0. The second kappa shape index (κ2) is 6.18. The quantitative estimate of drug-likeness (QED) is 0.296. The van der Waals surface area contributed by atoms with E-state index in [0.717, 1.165) is 0 Å². The Hall–Kier alpha value is 2.52. The van der Waals surface area contributed by atoms with Crippen LogP contribution in [0, 0.1) is 0 Å². The summed E-state index contributed by atoms with van der Waals surface area (Å²) in [6, 6.07) is 0. The van der Waals surface area contributed by atoms with Crippen molar-refractivity contribution < 1.29 is 17.5 Å². The summed E-state index contributed by atoms with van der Waals surface area (Å²) >= 11 is 24.9. The van der Waals surface area contributed by atoms with Crippen LogP contribution in [0.3, 0.4) is 0 Å². The van der Waals surface area contributed by atoms with Crippen LogP contribution in [0.2, 0.25) is 0 Å². The van der Waals surface area contributed by atoms with Gasteiger partial charge < -0.3 is 9.11 Å². The smallest absolute Gasteiger partial charge is 0.759 e. The Bertz CT molecular complexity index is 188. The average molecular weight is 329 g/mol. The molecule has 12 heavy (non-hydrogen) atoms. The first-order valence-electron chi connectivity index (χ1n) is 1.51. The van der Waals surface area contributed by atoms with Gasteiger partial charge in [0.2, 0.25) is 0 Å². The minimum absolute atomic E-state index is 0. The third kappa shape index (κ3) is 262. The molecule has 0 saturated carbocycles. The van der Waals surface area contributed by atoms with Gasteiger partial charge >= 0.3 is 82.6 Å². The van der Waals surface area contributed by atoms with Crippen LogP contribution in [0.15, 0.2) is 0 Å². The van der Waals surface area contributed by atoms with Crippen LogP contribution in [-0.2, 0) is 10.4 Å². The van der Waals surface area contributed by atoms with E-state index in [1.165, 1.54) is 0 Å². The summed E-state index contributed by atoms with van der Waals surface area (Å²) in [4.78, 5) is 0. The zero-order chi connectivity index (χ0) is 9.95. The summed E-state index contributed by atoms with van der Waals surface area (Å²) < 4.78 is 30.4. The summed E-state index contributed by atoms with van der Waals surface area (Å²) in [6.45, 7) is 0. The summed E-state index contributed by atoms with van der Waals surface area (Å²) in [5.41, 5.74) is 0. The maximum absolute atomic E-state index is 8.52. The molecule has 0 N–H and O–H groups in total. The molecule has 0 unspecified atom stereocenters. The third-order valence-corrected chi connectivity index (χ3v) is 0. The van der Waals surface area contributed by atoms with Crippen LogP contribution >= 0.6 is 59.6 Å². The van der Waals surface area contributed by atoms with Crippen LogP contribution < -0.4 is 0 Å². The summed E-state index contributed by atoms with van der Waals surface area (Å²) in [6.07, 6.45) is 0. The van der Waals surface area contributed by atoms with Gasteiger partial charge in [0.15, 0.2) is 0 Å². The SMILES string of the molecule is ClP(Cl)(Cl)(Cl)Cl.O=S(=O)([O-])[O-].[Mg+2]. The van der Waals surface area contributed by atoms with Crippen LogP contribution in [0.4, 0.5) is 0 Å². The van der Waals surface area contributed by atoms with Gasteiger partial charge in [-0.1, -0.05) is 0 Å². The van der Waals surface area contributed by atoms with Gasteiger partial charge in [-0.15, -0.1) is 0 Å². The molecule has 0 bridgehead atoms. The van der Waals surface area contributed by atoms with Crippen molar-refractivity contribution in [1.29, 1.82) is 0 Å². The zero-order valence-electron chi connectivity index (χ0n) is 5.09. The first-order valence-corrected chi connectivity index (χ1v) is 9.61. The predicted molar refractivity (Wildman–Crippen MR) is 52.4 cm³/mol. The molecule has 0 fully saturated rings. The molecule has 0 spiro atoms. The first kappa shape index (κ1) is 20.0. The molecule has 0 amide bonds. The summed E-state index contributed by atoms with van der Waals surface area (Å²) in [5.74, 6) is 0. The van der Waals surface area contributed by atoms with Gasteiger partial charge in [0.1, 0.15) is 0 Å². The third-order valence-electron chi connectivity index (χ3n) is 0. The second-order valence-corrected chi connectivity index (χ2v) is 18.5. The predicted octanol–water partition coefficient (Wildman–Crippen LogP) is 2.59. The molecular formula is Cl5MgO4PS. The molecule has 0 heterocycles. The molecule has 12 heteroatoms. The molecule has 0 aliphatic heterocycles. The maximum atomic E-state index is 8.52. The van der Waals surface area contributed by atoms with Crippen molar-refractivity contribution in [1.82, 2.24) is 0 Å². The normalized spacial score (nSPS) is 14.4. The fraction of sp³-hybridized carbons (Fsp3) is 0. The van der Waals surface area contributed by atoms with Crippen molar-refractivity contribution in [2.75, 3.05) is 0 Å². The summed E-state index contributed by atoms with van der Waals surface area (Å²) in [7, 11) is -5.17. The fourth-order valence-corrected chi connectivity index (χ4v) is 0. The van der Waals surface area contributed by atoms with E-state index in [1.54, 1.807) is 0 Å². The Labute approximate surface area is 109 Å². The minimum atomic E-state index is -5.17. The van der Waals surface area contributed by atoms with E-state index < -0.39 is 13.8 Å². The standard InChI is InChI=1S/Cl5P.Mg.H2O4S/c1-6(2,3,4)5;;1-5(2,3)4/h;;(H2,1,2,3,4)/q;+2;/p-2. The Morgan fingerprint density at radius 2 is 0.917 bits per heavy atom. The second-order valence-electron chi connectivity index (χ2n) is 1.05. The number of rotatable bonds is 0. The van der Waals surface area contributed by atoms with Crippen molar-refractivity contribution in [3.63, 3.8) is 0 Å². The van der Waals surface area contributed by atoms with Crippen molar-refractivity contribution in [3.8, 4) is 0 Å². The van der Waals surface area contributed by atoms with Crippen molar-refractivity contribution >= 4 is 93.0 Å². The minimum Gasteiger partial charge on any atom is -0.759 e. The molecule has 0 aromatic carbocycles. The number of hydrogen-bond acceptors (Lipinski definition) is 4. The molecule has 0 saturated heterocycles. The van der Waals surface area contributed by atoms with Gasteiger partial charge in [-0.25, -0.2) is 0 Å². The Balaban J connectivity index is -0.000000126. The molecule has 0 rings (SSSR count). The maximum Gasteiger partial charge on any atom is 2.00 e. The van der Waals surface area contributed by atoms with Crippen molar-refractivity contribution in [3.05, 3.63) is 0 Å². The van der Waals surface area contributed by atoms with E-state index in [9.17, 15) is 0 Å². The Morgan fingerprint density at radius 1 is 0.917 bits per heavy atom. The zero-order valence-corrected chi connectivity index (χ0v) is 12.0. The van der Waals surface area contributed by atoms with Crippen LogP contribution in [0.1, 0.15) is 0 Å². The molecular weight excluding hydrogens is 329 g/mol. The van der Waals surface area contributed by atoms with Crippen LogP contribution in [0.25, 0.3) is 0 Å². The Kier molecular flexibility index (Phi) is 10.3. The monoisotopic (exact) mass is 326 g/mol. The van der Waals surface area contributed by atoms with E-state index in [0.29, 0.717) is 0 Å². The molecule has 0 aliphatic rings. The van der Waals surface area contributed by atoms with Crippen molar-refractivity contribution in [2.45, 2.75) is 0 Å². The van der Waals surface area contributed by atoms with Gasteiger partial charge in [0, 0.05) is 10.4 Å². The van der Waals surface area contributed by atoms with Gasteiger partial charge in [0.25, 0.3) is 0 Å². The van der Waals surface area contributed by atoms with E-state index in [4.69, 9.17) is 73.7 Å². The topological polar surface area (TPSA) is 80.3 Å². The van der Waals surface area contributed by atoms with E-state index >= 15 is 0 Å². The van der Waals surface area contributed by atoms with E-state index in [1.807, 2.05) is 0 Å². The molecule has 0 atom stereocenters. The molecule has 0 aromatic rings. The Morgan fingerprint density at radius 3 is 0.917 bits per heavy atom. The average Bonchev–Trinajstić information content (AvgIpc) is 1.07. The summed E-state index contributed by atoms with van der Waals surface area (Å²) in [5, 5.41) is 0. The number of halogens is 5. The molecule has 0 aromatic heterocycles. The van der Waals surface area contributed by atoms with Gasteiger partial charge in [-0.3, -0.25) is 8.42 Å². The van der Waals surface area contributed by atoms with Crippen LogP contribution in [0.5, 0.6) is 0 Å². The first-order chi connectivity index (χ1) is 4.24. The molecule has 72 valence electrons.